The Kier molecular flexibility index (Phi) is 9.23. The lowest BCUT2D eigenvalue weighted by Gasteiger charge is -2.27. The molecule has 0 saturated carbocycles. The number of carbonyl (C=O) groups is 1. The van der Waals surface area contributed by atoms with Crippen molar-refractivity contribution in [3.63, 3.8) is 0 Å². The van der Waals surface area contributed by atoms with Gasteiger partial charge in [0.05, 0.1) is 6.54 Å². The number of carbonyl (C=O) groups excluding carboxylic acids is 1. The lowest BCUT2D eigenvalue weighted by Crippen LogP contribution is -2.40. The number of rotatable bonds is 12. The summed E-state index contributed by atoms with van der Waals surface area (Å²) in [5.74, 6) is 0.485. The second kappa shape index (κ2) is 13.6. The highest BCUT2D eigenvalue weighted by Crippen LogP contribution is 2.58. The normalized spacial score (nSPS) is 11.6. The molecule has 232 valence electrons. The van der Waals surface area contributed by atoms with Crippen molar-refractivity contribution in [2.75, 3.05) is 0 Å². The van der Waals surface area contributed by atoms with Crippen molar-refractivity contribution in [2.45, 2.75) is 52.5 Å². The first kappa shape index (κ1) is 31.1. The Morgan fingerprint density at radius 3 is 1.57 bits per heavy atom. The van der Waals surface area contributed by atoms with Gasteiger partial charge < -0.3 is 4.57 Å². The van der Waals surface area contributed by atoms with Gasteiger partial charge in [0, 0.05) is 18.7 Å². The molecular weight excluding hydrogens is 591 g/mol. The third-order valence-electron chi connectivity index (χ3n) is 8.45. The zero-order chi connectivity index (χ0) is 32.1. The predicted molar refractivity (Wildman–Crippen MR) is 188 cm³/mol. The van der Waals surface area contributed by atoms with Gasteiger partial charge in [-0.3, -0.25) is 18.7 Å². The zero-order valence-electron chi connectivity index (χ0n) is 26.3. The fraction of sp³-hybridized carbons (Fsp3) is 0.211. The Bertz CT molecular complexity index is 1970. The summed E-state index contributed by atoms with van der Waals surface area (Å²) in [7, 11) is -2.45. The lowest BCUT2D eigenvalue weighted by atomic mass is 10.1. The topological polar surface area (TPSA) is 78.9 Å². The van der Waals surface area contributed by atoms with Gasteiger partial charge in [0.25, 0.3) is 5.56 Å². The van der Waals surface area contributed by atoms with Crippen LogP contribution in [-0.4, -0.2) is 24.5 Å². The second-order valence-electron chi connectivity index (χ2n) is 11.4. The average molecular weight is 630 g/mol. The molecule has 0 bridgehead atoms. The molecule has 2 heterocycles. The van der Waals surface area contributed by atoms with Crippen LogP contribution in [0.4, 0.5) is 0 Å². The molecule has 0 aliphatic heterocycles. The van der Waals surface area contributed by atoms with E-state index in [4.69, 9.17) is 4.98 Å². The highest BCUT2D eigenvalue weighted by molar-refractivity contribution is 7.95. The summed E-state index contributed by atoms with van der Waals surface area (Å²) in [5.41, 5.74) is 0.431. The molecule has 6 rings (SSSR count). The first-order valence-corrected chi connectivity index (χ1v) is 17.8. The Morgan fingerprint density at radius 1 is 0.630 bits per heavy atom. The molecule has 46 heavy (non-hydrogen) atoms. The quantitative estimate of drug-likeness (QED) is 0.131. The molecule has 0 unspecified atom stereocenters. The highest BCUT2D eigenvalue weighted by Gasteiger charge is 2.47. The van der Waals surface area contributed by atoms with E-state index in [0.29, 0.717) is 54.6 Å². The second-order valence-corrected chi connectivity index (χ2v) is 14.9. The van der Waals surface area contributed by atoms with Gasteiger partial charge in [-0.2, -0.15) is 0 Å². The maximum Gasteiger partial charge on any atom is 0.332 e. The largest absolute Gasteiger partial charge is 0.332 e. The standard InChI is InChI=1S/C38H38N4O3P/c1-3-25-40-36-35(37(44)41(26-4-2)38(40)45)42(27-33(43)29-17-9-5-10-18-29)34(39-36)28-46(30-19-11-6-12-20-30,31-21-13-7-14-22-31)32-23-15-8-16-24-32/h5-24H,3-4,25-28H2,1-2H3/q+1. The van der Waals surface area contributed by atoms with Crippen LogP contribution in [0.2, 0.25) is 0 Å². The number of hydrogen-bond acceptors (Lipinski definition) is 4. The van der Waals surface area contributed by atoms with E-state index in [2.05, 4.69) is 72.8 Å². The molecule has 4 aromatic carbocycles. The van der Waals surface area contributed by atoms with Crippen molar-refractivity contribution in [1.82, 2.24) is 18.7 Å². The van der Waals surface area contributed by atoms with Crippen molar-refractivity contribution in [2.24, 2.45) is 0 Å². The van der Waals surface area contributed by atoms with Crippen molar-refractivity contribution < 1.29 is 4.79 Å². The molecule has 2 aromatic heterocycles. The molecular formula is C38H38N4O3P+. The summed E-state index contributed by atoms with van der Waals surface area (Å²) in [6.45, 7) is 4.58. The Balaban J connectivity index is 1.69. The van der Waals surface area contributed by atoms with Crippen molar-refractivity contribution in [3.8, 4) is 0 Å². The fourth-order valence-electron chi connectivity index (χ4n) is 6.31. The Morgan fingerprint density at radius 2 is 1.09 bits per heavy atom. The first-order chi connectivity index (χ1) is 22.5. The van der Waals surface area contributed by atoms with Gasteiger partial charge in [0.1, 0.15) is 29.3 Å². The molecule has 0 atom stereocenters. The van der Waals surface area contributed by atoms with Gasteiger partial charge in [0.15, 0.2) is 22.8 Å². The third-order valence-corrected chi connectivity index (χ3v) is 12.8. The number of aryl methyl sites for hydroxylation is 1. The molecule has 7 nitrogen and oxygen atoms in total. The minimum atomic E-state index is -2.45. The van der Waals surface area contributed by atoms with Crippen LogP contribution in [0.15, 0.2) is 131 Å². The first-order valence-electron chi connectivity index (χ1n) is 15.9. The van der Waals surface area contributed by atoms with Gasteiger partial charge in [-0.15, -0.1) is 0 Å². The summed E-state index contributed by atoms with van der Waals surface area (Å²) in [6, 6.07) is 40.5. The van der Waals surface area contributed by atoms with E-state index in [1.165, 1.54) is 4.57 Å². The van der Waals surface area contributed by atoms with Crippen LogP contribution in [0.1, 0.15) is 42.9 Å². The van der Waals surface area contributed by atoms with Gasteiger partial charge in [-0.05, 0) is 49.2 Å². The van der Waals surface area contributed by atoms with Crippen LogP contribution in [0.5, 0.6) is 0 Å². The number of benzene rings is 4. The number of Topliss-reactive ketones (excluding diaryl/α,β-unsaturated/α-hetero) is 1. The maximum absolute atomic E-state index is 14.2. The molecule has 0 amide bonds. The van der Waals surface area contributed by atoms with Crippen molar-refractivity contribution in [1.29, 1.82) is 0 Å². The molecule has 8 heteroatoms. The van der Waals surface area contributed by atoms with E-state index in [0.717, 1.165) is 15.9 Å². The SMILES string of the molecule is CCCn1c(=O)c2c(nc(C[P+](c3ccccc3)(c3ccccc3)c3ccccc3)n2CC(=O)c2ccccc2)n(CCC)c1=O. The molecule has 0 spiro atoms. The van der Waals surface area contributed by atoms with Crippen molar-refractivity contribution in [3.05, 3.63) is 154 Å². The Hall–Kier alpha value is -4.87. The third kappa shape index (κ3) is 5.67. The van der Waals surface area contributed by atoms with E-state index in [9.17, 15) is 14.4 Å². The van der Waals surface area contributed by atoms with Gasteiger partial charge >= 0.3 is 5.69 Å². The Labute approximate surface area is 269 Å². The number of imidazole rings is 1. The minimum Gasteiger partial charge on any atom is -0.311 e. The number of hydrogen-bond donors (Lipinski definition) is 0. The molecule has 6 aromatic rings. The molecule has 0 radical (unpaired) electrons. The number of nitrogens with zero attached hydrogens (tertiary/aromatic N) is 4. The summed E-state index contributed by atoms with van der Waals surface area (Å²) in [6.07, 6.45) is 1.77. The van der Waals surface area contributed by atoms with Gasteiger partial charge in [0.2, 0.25) is 0 Å². The van der Waals surface area contributed by atoms with E-state index in [-0.39, 0.29) is 18.0 Å². The number of aromatic nitrogens is 4. The average Bonchev–Trinajstić information content (AvgIpc) is 3.46. The smallest absolute Gasteiger partial charge is 0.311 e. The van der Waals surface area contributed by atoms with Crippen LogP contribution in [0.3, 0.4) is 0 Å². The summed E-state index contributed by atoms with van der Waals surface area (Å²) < 4.78 is 4.72. The molecule has 0 aliphatic rings. The lowest BCUT2D eigenvalue weighted by molar-refractivity contribution is 0.0972. The van der Waals surface area contributed by atoms with Crippen LogP contribution >= 0.6 is 7.26 Å². The molecule has 0 aliphatic carbocycles. The van der Waals surface area contributed by atoms with Crippen LogP contribution in [-0.2, 0) is 25.8 Å². The van der Waals surface area contributed by atoms with Crippen LogP contribution in [0, 0.1) is 0 Å². The molecule has 0 saturated heterocycles. The fourth-order valence-corrected chi connectivity index (χ4v) is 10.5. The summed E-state index contributed by atoms with van der Waals surface area (Å²) in [4.78, 5) is 46.9. The summed E-state index contributed by atoms with van der Waals surface area (Å²) >= 11 is 0. The van der Waals surface area contributed by atoms with E-state index in [1.54, 1.807) is 21.3 Å². The number of ketones is 1. The van der Waals surface area contributed by atoms with Crippen LogP contribution < -0.4 is 27.2 Å². The molecule has 0 fully saturated rings. The van der Waals surface area contributed by atoms with Crippen molar-refractivity contribution >= 4 is 40.1 Å². The van der Waals surface area contributed by atoms with Gasteiger partial charge in [-0.25, -0.2) is 9.78 Å². The predicted octanol–water partition coefficient (Wildman–Crippen LogP) is 5.56. The van der Waals surface area contributed by atoms with E-state index >= 15 is 0 Å². The maximum atomic E-state index is 14.2. The monoisotopic (exact) mass is 629 g/mol. The van der Waals surface area contributed by atoms with E-state index < -0.39 is 12.8 Å². The zero-order valence-corrected chi connectivity index (χ0v) is 27.1. The number of fused-ring (bicyclic) bond motifs is 1. The minimum absolute atomic E-state index is 0.0695. The van der Waals surface area contributed by atoms with Crippen LogP contribution in [0.25, 0.3) is 11.2 Å². The van der Waals surface area contributed by atoms with E-state index in [1.807, 2.05) is 50.2 Å². The molecule has 0 N–H and O–H groups in total. The summed E-state index contributed by atoms with van der Waals surface area (Å²) in [5, 5.41) is 3.49. The van der Waals surface area contributed by atoms with Gasteiger partial charge in [-0.1, -0.05) is 98.8 Å². The highest BCUT2D eigenvalue weighted by atomic mass is 31.2.